The Bertz CT molecular complexity index is 539. The summed E-state index contributed by atoms with van der Waals surface area (Å²) in [4.78, 5) is 8.10. The van der Waals surface area contributed by atoms with E-state index in [1.807, 2.05) is 6.92 Å². The summed E-state index contributed by atoms with van der Waals surface area (Å²) < 4.78 is 13.8. The lowest BCUT2D eigenvalue weighted by molar-refractivity contribution is 0.626. The Kier molecular flexibility index (Phi) is 3.48. The van der Waals surface area contributed by atoms with Crippen LogP contribution >= 0.6 is 0 Å². The lowest BCUT2D eigenvalue weighted by Gasteiger charge is -2.04. The third-order valence-electron chi connectivity index (χ3n) is 2.27. The number of hydrogen-bond donors (Lipinski definition) is 1. The molecule has 0 aliphatic heterocycles. The SMILES string of the molecule is CCn1ncnc1CS(=O)c1ncccc1N. The van der Waals surface area contributed by atoms with Gasteiger partial charge in [0.2, 0.25) is 0 Å². The number of rotatable bonds is 4. The van der Waals surface area contributed by atoms with Crippen LogP contribution in [0.4, 0.5) is 5.69 Å². The summed E-state index contributed by atoms with van der Waals surface area (Å²) in [5.41, 5.74) is 6.16. The highest BCUT2D eigenvalue weighted by Crippen LogP contribution is 2.14. The van der Waals surface area contributed by atoms with Crippen molar-refractivity contribution in [1.29, 1.82) is 0 Å². The molecule has 0 fully saturated rings. The van der Waals surface area contributed by atoms with E-state index >= 15 is 0 Å². The Hall–Kier alpha value is -1.76. The first kappa shape index (κ1) is 11.7. The van der Waals surface area contributed by atoms with Gasteiger partial charge in [0.05, 0.1) is 22.2 Å². The van der Waals surface area contributed by atoms with Crippen molar-refractivity contribution in [3.63, 3.8) is 0 Å². The Balaban J connectivity index is 2.20. The van der Waals surface area contributed by atoms with Crippen LogP contribution in [0.3, 0.4) is 0 Å². The van der Waals surface area contributed by atoms with Gasteiger partial charge in [0.25, 0.3) is 0 Å². The van der Waals surface area contributed by atoms with E-state index in [1.54, 1.807) is 23.0 Å². The van der Waals surface area contributed by atoms with Gasteiger partial charge in [0.1, 0.15) is 12.2 Å². The lowest BCUT2D eigenvalue weighted by Crippen LogP contribution is -2.09. The van der Waals surface area contributed by atoms with Crippen molar-refractivity contribution in [2.24, 2.45) is 0 Å². The molecule has 1 atom stereocenters. The number of aryl methyl sites for hydroxylation is 1. The molecular weight excluding hydrogens is 238 g/mol. The standard InChI is InChI=1S/C10H13N5OS/c1-2-15-9(13-7-14-15)6-17(16)10-8(11)4-3-5-12-10/h3-5,7H,2,6,11H2,1H3. The first-order chi connectivity index (χ1) is 8.22. The van der Waals surface area contributed by atoms with E-state index < -0.39 is 10.8 Å². The van der Waals surface area contributed by atoms with Crippen LogP contribution in [0.2, 0.25) is 0 Å². The average molecular weight is 251 g/mol. The topological polar surface area (TPSA) is 86.7 Å². The summed E-state index contributed by atoms with van der Waals surface area (Å²) in [5.74, 6) is 0.950. The summed E-state index contributed by atoms with van der Waals surface area (Å²) in [6, 6.07) is 3.40. The van der Waals surface area contributed by atoms with Crippen LogP contribution in [-0.2, 0) is 23.1 Å². The third kappa shape index (κ3) is 2.50. The van der Waals surface area contributed by atoms with Gasteiger partial charge in [-0.3, -0.25) is 4.21 Å². The van der Waals surface area contributed by atoms with Crippen molar-refractivity contribution in [1.82, 2.24) is 19.7 Å². The minimum Gasteiger partial charge on any atom is -0.396 e. The van der Waals surface area contributed by atoms with Gasteiger partial charge in [-0.05, 0) is 19.1 Å². The summed E-state index contributed by atoms with van der Waals surface area (Å²) in [5, 5.41) is 4.42. The number of aromatic nitrogens is 4. The maximum Gasteiger partial charge on any atom is 0.150 e. The number of hydrogen-bond acceptors (Lipinski definition) is 5. The second-order valence-corrected chi connectivity index (χ2v) is 4.75. The van der Waals surface area contributed by atoms with Crippen LogP contribution in [0, 0.1) is 0 Å². The Labute approximate surface area is 101 Å². The number of pyridine rings is 1. The highest BCUT2D eigenvalue weighted by molar-refractivity contribution is 7.84. The molecular formula is C10H13N5OS. The molecule has 2 aromatic heterocycles. The lowest BCUT2D eigenvalue weighted by atomic mass is 10.4. The highest BCUT2D eigenvalue weighted by atomic mass is 32.2. The maximum absolute atomic E-state index is 12.1. The molecule has 7 heteroatoms. The molecule has 0 saturated heterocycles. The molecule has 1 unspecified atom stereocenters. The molecule has 90 valence electrons. The molecule has 2 aromatic rings. The Morgan fingerprint density at radius 1 is 1.47 bits per heavy atom. The monoisotopic (exact) mass is 251 g/mol. The zero-order valence-electron chi connectivity index (χ0n) is 9.41. The maximum atomic E-state index is 12.1. The first-order valence-electron chi connectivity index (χ1n) is 5.18. The molecule has 0 spiro atoms. The minimum atomic E-state index is -1.30. The van der Waals surface area contributed by atoms with Gasteiger partial charge in [0, 0.05) is 12.7 Å². The number of nitrogen functional groups attached to an aromatic ring is 1. The quantitative estimate of drug-likeness (QED) is 0.859. The third-order valence-corrected chi connectivity index (χ3v) is 3.56. The van der Waals surface area contributed by atoms with Crippen molar-refractivity contribution in [2.75, 3.05) is 5.73 Å². The minimum absolute atomic E-state index is 0.273. The summed E-state index contributed by atoms with van der Waals surface area (Å²) in [6.07, 6.45) is 3.03. The summed E-state index contributed by atoms with van der Waals surface area (Å²) in [6.45, 7) is 2.65. The fourth-order valence-corrected chi connectivity index (χ4v) is 2.55. The fourth-order valence-electron chi connectivity index (χ4n) is 1.44. The van der Waals surface area contributed by atoms with Gasteiger partial charge >= 0.3 is 0 Å². The molecule has 2 N–H and O–H groups in total. The molecule has 17 heavy (non-hydrogen) atoms. The zero-order valence-corrected chi connectivity index (χ0v) is 10.2. The van der Waals surface area contributed by atoms with Crippen molar-refractivity contribution < 1.29 is 4.21 Å². The molecule has 0 amide bonds. The number of anilines is 1. The van der Waals surface area contributed by atoms with Gasteiger partial charge in [-0.25, -0.2) is 14.6 Å². The number of nitrogens with two attached hydrogens (primary N) is 1. The van der Waals surface area contributed by atoms with Crippen molar-refractivity contribution in [3.8, 4) is 0 Å². The van der Waals surface area contributed by atoms with Gasteiger partial charge < -0.3 is 5.73 Å². The predicted molar refractivity (Wildman–Crippen MR) is 64.5 cm³/mol. The van der Waals surface area contributed by atoms with Gasteiger partial charge in [0.15, 0.2) is 5.03 Å². The number of nitrogens with zero attached hydrogens (tertiary/aromatic N) is 4. The second kappa shape index (κ2) is 5.05. The van der Waals surface area contributed by atoms with Crippen molar-refractivity contribution >= 4 is 16.5 Å². The molecule has 0 radical (unpaired) electrons. The highest BCUT2D eigenvalue weighted by Gasteiger charge is 2.13. The van der Waals surface area contributed by atoms with Crippen LogP contribution in [0.5, 0.6) is 0 Å². The van der Waals surface area contributed by atoms with Gasteiger partial charge in [-0.1, -0.05) is 0 Å². The van der Waals surface area contributed by atoms with Gasteiger partial charge in [-0.2, -0.15) is 5.10 Å². The predicted octanol–water partition coefficient (Wildman–Crippen LogP) is 0.583. The van der Waals surface area contributed by atoms with Gasteiger partial charge in [-0.15, -0.1) is 0 Å². The summed E-state index contributed by atoms with van der Waals surface area (Å²) >= 11 is 0. The van der Waals surface area contributed by atoms with E-state index in [0.29, 0.717) is 23.1 Å². The molecule has 2 heterocycles. The van der Waals surface area contributed by atoms with E-state index in [9.17, 15) is 4.21 Å². The van der Waals surface area contributed by atoms with E-state index in [-0.39, 0.29) is 5.75 Å². The Morgan fingerprint density at radius 2 is 2.29 bits per heavy atom. The molecule has 0 aliphatic rings. The smallest absolute Gasteiger partial charge is 0.150 e. The normalized spacial score (nSPS) is 12.5. The van der Waals surface area contributed by atoms with E-state index in [4.69, 9.17) is 5.73 Å². The summed E-state index contributed by atoms with van der Waals surface area (Å²) in [7, 11) is -1.30. The first-order valence-corrected chi connectivity index (χ1v) is 6.49. The van der Waals surface area contributed by atoms with Crippen molar-refractivity contribution in [3.05, 3.63) is 30.5 Å². The second-order valence-electron chi connectivity index (χ2n) is 3.38. The van der Waals surface area contributed by atoms with Crippen LogP contribution in [-0.4, -0.2) is 24.0 Å². The molecule has 0 saturated carbocycles. The van der Waals surface area contributed by atoms with Crippen LogP contribution in [0.15, 0.2) is 29.7 Å². The average Bonchev–Trinajstić information content (AvgIpc) is 2.76. The van der Waals surface area contributed by atoms with E-state index in [1.165, 1.54) is 6.33 Å². The fraction of sp³-hybridized carbons (Fsp3) is 0.300. The zero-order chi connectivity index (χ0) is 12.3. The molecule has 2 rings (SSSR count). The molecule has 0 bridgehead atoms. The Morgan fingerprint density at radius 3 is 3.00 bits per heavy atom. The van der Waals surface area contributed by atoms with Crippen LogP contribution in [0.25, 0.3) is 0 Å². The van der Waals surface area contributed by atoms with Crippen molar-refractivity contribution in [2.45, 2.75) is 24.2 Å². The van der Waals surface area contributed by atoms with E-state index in [2.05, 4.69) is 15.1 Å². The van der Waals surface area contributed by atoms with Crippen LogP contribution < -0.4 is 5.73 Å². The largest absolute Gasteiger partial charge is 0.396 e. The molecule has 6 nitrogen and oxygen atoms in total. The molecule has 0 aliphatic carbocycles. The van der Waals surface area contributed by atoms with Crippen LogP contribution in [0.1, 0.15) is 12.7 Å². The molecule has 0 aromatic carbocycles. The van der Waals surface area contributed by atoms with E-state index in [0.717, 1.165) is 0 Å².